The first-order valence-electron chi connectivity index (χ1n) is 6.53. The topological polar surface area (TPSA) is 64.3 Å². The Morgan fingerprint density at radius 2 is 2.10 bits per heavy atom. The maximum atomic E-state index is 12.0. The summed E-state index contributed by atoms with van der Waals surface area (Å²) in [6.07, 6.45) is 0.966. The molecule has 106 valence electrons. The number of carbonyl (C=O) groups is 1. The van der Waals surface area contributed by atoms with Crippen LogP contribution in [-0.2, 0) is 4.79 Å². The molecule has 2 rings (SSSR count). The molecule has 0 aliphatic carbocycles. The summed E-state index contributed by atoms with van der Waals surface area (Å²) in [4.78, 5) is 12.9. The first kappa shape index (κ1) is 14.6. The van der Waals surface area contributed by atoms with Gasteiger partial charge in [-0.2, -0.15) is 0 Å². The van der Waals surface area contributed by atoms with Gasteiger partial charge in [-0.3, -0.25) is 4.79 Å². The number of rotatable bonds is 6. The van der Waals surface area contributed by atoms with Crippen LogP contribution >= 0.6 is 11.3 Å². The van der Waals surface area contributed by atoms with E-state index in [-0.39, 0.29) is 5.91 Å². The lowest BCUT2D eigenvalue weighted by Crippen LogP contribution is -2.26. The molecule has 0 saturated heterocycles. The Bertz CT molecular complexity index is 538. The molecule has 0 radical (unpaired) electrons. The lowest BCUT2D eigenvalue weighted by molar-refractivity contribution is -0.117. The average Bonchev–Trinajstić information content (AvgIpc) is 3.00. The Hall–Kier alpha value is -1.85. The van der Waals surface area contributed by atoms with E-state index in [1.54, 1.807) is 0 Å². The van der Waals surface area contributed by atoms with Crippen LogP contribution in [0.1, 0.15) is 24.3 Å². The third-order valence-electron chi connectivity index (χ3n) is 2.73. The van der Waals surface area contributed by atoms with Crippen molar-refractivity contribution in [1.29, 1.82) is 0 Å². The van der Waals surface area contributed by atoms with Gasteiger partial charge in [-0.25, -0.2) is 0 Å². The molecule has 1 heterocycles. The van der Waals surface area contributed by atoms with Crippen LogP contribution < -0.4 is 15.8 Å². The summed E-state index contributed by atoms with van der Waals surface area (Å²) in [7, 11) is 0. The number of hydrogen-bond acceptors (Lipinski definition) is 4. The molecular weight excluding hydrogens is 272 g/mol. The van der Waals surface area contributed by atoms with Gasteiger partial charge in [0.15, 0.2) is 0 Å². The van der Waals surface area contributed by atoms with Crippen LogP contribution in [0.15, 0.2) is 41.8 Å². The second-order valence-corrected chi connectivity index (χ2v) is 5.33. The molecule has 4 nitrogen and oxygen atoms in total. The molecule has 0 fully saturated rings. The van der Waals surface area contributed by atoms with Crippen molar-refractivity contribution in [3.8, 4) is 5.75 Å². The van der Waals surface area contributed by atoms with E-state index in [0.29, 0.717) is 12.3 Å². The Morgan fingerprint density at radius 3 is 2.70 bits per heavy atom. The number of anilines is 1. The zero-order valence-electron chi connectivity index (χ0n) is 11.3. The summed E-state index contributed by atoms with van der Waals surface area (Å²) < 4.78 is 5.49. The highest BCUT2D eigenvalue weighted by molar-refractivity contribution is 7.10. The fourth-order valence-electron chi connectivity index (χ4n) is 1.67. The van der Waals surface area contributed by atoms with Gasteiger partial charge in [-0.15, -0.1) is 11.3 Å². The number of carbonyl (C=O) groups excluding carboxylic acids is 1. The first-order valence-corrected chi connectivity index (χ1v) is 7.41. The van der Waals surface area contributed by atoms with E-state index in [1.807, 2.05) is 41.8 Å². The number of benzene rings is 1. The highest BCUT2D eigenvalue weighted by Crippen LogP contribution is 2.20. The smallest absolute Gasteiger partial charge is 0.246 e. The Balaban J connectivity index is 1.94. The van der Waals surface area contributed by atoms with Gasteiger partial charge in [0.25, 0.3) is 0 Å². The largest absolute Gasteiger partial charge is 0.494 e. The molecule has 20 heavy (non-hydrogen) atoms. The van der Waals surface area contributed by atoms with Crippen molar-refractivity contribution in [2.24, 2.45) is 5.73 Å². The molecule has 0 bridgehead atoms. The number of thiophene rings is 1. The van der Waals surface area contributed by atoms with Crippen LogP contribution in [0.25, 0.3) is 0 Å². The molecular formula is C15H18N2O2S. The number of amides is 1. The normalized spacial score (nSPS) is 11.9. The summed E-state index contributed by atoms with van der Waals surface area (Å²) in [5.74, 6) is 0.585. The van der Waals surface area contributed by atoms with Gasteiger partial charge in [0.1, 0.15) is 11.8 Å². The van der Waals surface area contributed by atoms with Crippen molar-refractivity contribution in [1.82, 2.24) is 0 Å². The molecule has 1 unspecified atom stereocenters. The van der Waals surface area contributed by atoms with Crippen molar-refractivity contribution < 1.29 is 9.53 Å². The molecule has 1 aromatic heterocycles. The van der Waals surface area contributed by atoms with E-state index in [1.165, 1.54) is 11.3 Å². The van der Waals surface area contributed by atoms with Gasteiger partial charge in [-0.05, 0) is 42.1 Å². The number of ether oxygens (including phenoxy) is 1. The van der Waals surface area contributed by atoms with Crippen LogP contribution in [0.2, 0.25) is 0 Å². The zero-order valence-corrected chi connectivity index (χ0v) is 12.2. The van der Waals surface area contributed by atoms with E-state index < -0.39 is 6.04 Å². The summed E-state index contributed by atoms with van der Waals surface area (Å²) >= 11 is 1.48. The number of nitrogens with two attached hydrogens (primary N) is 1. The Labute approximate surface area is 122 Å². The minimum absolute atomic E-state index is 0.213. The van der Waals surface area contributed by atoms with Crippen LogP contribution in [0, 0.1) is 0 Å². The lowest BCUT2D eigenvalue weighted by Gasteiger charge is -2.11. The molecule has 3 N–H and O–H groups in total. The van der Waals surface area contributed by atoms with E-state index in [2.05, 4.69) is 12.2 Å². The second kappa shape index (κ2) is 7.07. The van der Waals surface area contributed by atoms with Crippen molar-refractivity contribution in [3.63, 3.8) is 0 Å². The number of hydrogen-bond donors (Lipinski definition) is 2. The Kier molecular flexibility index (Phi) is 5.15. The lowest BCUT2D eigenvalue weighted by atomic mass is 10.2. The fourth-order valence-corrected chi connectivity index (χ4v) is 2.40. The molecule has 0 saturated carbocycles. The molecule has 1 atom stereocenters. The summed E-state index contributed by atoms with van der Waals surface area (Å²) in [5.41, 5.74) is 6.61. The maximum Gasteiger partial charge on any atom is 0.246 e. The van der Waals surface area contributed by atoms with E-state index in [9.17, 15) is 4.79 Å². The fraction of sp³-hybridized carbons (Fsp3) is 0.267. The predicted octanol–water partition coefficient (Wildman–Crippen LogP) is 3.18. The summed E-state index contributed by atoms with van der Waals surface area (Å²) in [5, 5.41) is 4.71. The van der Waals surface area contributed by atoms with E-state index in [0.717, 1.165) is 17.0 Å². The molecule has 1 aromatic carbocycles. The van der Waals surface area contributed by atoms with Gasteiger partial charge in [-0.1, -0.05) is 13.0 Å². The molecule has 1 amide bonds. The predicted molar refractivity (Wildman–Crippen MR) is 82.1 cm³/mol. The second-order valence-electron chi connectivity index (χ2n) is 4.36. The van der Waals surface area contributed by atoms with Gasteiger partial charge >= 0.3 is 0 Å². The van der Waals surface area contributed by atoms with E-state index >= 15 is 0 Å². The van der Waals surface area contributed by atoms with E-state index in [4.69, 9.17) is 10.5 Å². The van der Waals surface area contributed by atoms with Gasteiger partial charge in [0, 0.05) is 10.6 Å². The number of nitrogens with one attached hydrogen (secondary N) is 1. The standard InChI is InChI=1S/C15H18N2O2S/c1-2-9-19-12-7-5-11(6-8-12)17-15(18)14(16)13-4-3-10-20-13/h3-8,10,14H,2,9,16H2,1H3,(H,17,18). The van der Waals surface area contributed by atoms with Gasteiger partial charge < -0.3 is 15.8 Å². The minimum Gasteiger partial charge on any atom is -0.494 e. The summed E-state index contributed by atoms with van der Waals surface area (Å²) in [6, 6.07) is 10.4. The third kappa shape index (κ3) is 3.82. The summed E-state index contributed by atoms with van der Waals surface area (Å²) in [6.45, 7) is 2.75. The monoisotopic (exact) mass is 290 g/mol. The molecule has 0 aliphatic rings. The molecule has 0 aliphatic heterocycles. The van der Waals surface area contributed by atoms with Crippen LogP contribution in [0.4, 0.5) is 5.69 Å². The third-order valence-corrected chi connectivity index (χ3v) is 3.68. The highest BCUT2D eigenvalue weighted by atomic mass is 32.1. The molecule has 5 heteroatoms. The van der Waals surface area contributed by atoms with Crippen molar-refractivity contribution in [3.05, 3.63) is 46.7 Å². The minimum atomic E-state index is -0.633. The van der Waals surface area contributed by atoms with Gasteiger partial charge in [0.2, 0.25) is 5.91 Å². The van der Waals surface area contributed by atoms with Crippen molar-refractivity contribution >= 4 is 22.9 Å². The highest BCUT2D eigenvalue weighted by Gasteiger charge is 2.16. The molecule has 2 aromatic rings. The average molecular weight is 290 g/mol. The Morgan fingerprint density at radius 1 is 1.35 bits per heavy atom. The maximum absolute atomic E-state index is 12.0. The van der Waals surface area contributed by atoms with Crippen molar-refractivity contribution in [2.75, 3.05) is 11.9 Å². The molecule has 0 spiro atoms. The van der Waals surface area contributed by atoms with Crippen LogP contribution in [0.5, 0.6) is 5.75 Å². The zero-order chi connectivity index (χ0) is 14.4. The van der Waals surface area contributed by atoms with Gasteiger partial charge in [0.05, 0.1) is 6.61 Å². The quantitative estimate of drug-likeness (QED) is 0.859. The van der Waals surface area contributed by atoms with Crippen LogP contribution in [-0.4, -0.2) is 12.5 Å². The van der Waals surface area contributed by atoms with Crippen LogP contribution in [0.3, 0.4) is 0 Å². The SMILES string of the molecule is CCCOc1ccc(NC(=O)C(N)c2cccs2)cc1. The first-order chi connectivity index (χ1) is 9.70. The van der Waals surface area contributed by atoms with Crippen molar-refractivity contribution in [2.45, 2.75) is 19.4 Å².